The molecule has 1 saturated carbocycles. The molecule has 0 aromatic heterocycles. The van der Waals surface area contributed by atoms with Gasteiger partial charge in [0.15, 0.2) is 0 Å². The maximum atomic E-state index is 10.7. The Kier molecular flexibility index (Phi) is 5.59. The number of nitrogens with two attached hydrogens (primary N) is 1. The molecule has 2 atom stereocenters. The van der Waals surface area contributed by atoms with Crippen molar-refractivity contribution in [3.05, 3.63) is 31.9 Å². The van der Waals surface area contributed by atoms with Gasteiger partial charge < -0.3 is 10.5 Å². The van der Waals surface area contributed by atoms with Gasteiger partial charge in [0.2, 0.25) is 0 Å². The summed E-state index contributed by atoms with van der Waals surface area (Å²) in [4.78, 5) is 10.3. The van der Waals surface area contributed by atoms with Crippen molar-refractivity contribution in [1.29, 1.82) is 0 Å². The third-order valence-corrected chi connectivity index (χ3v) is 4.79. The van der Waals surface area contributed by atoms with E-state index in [1.54, 1.807) is 6.07 Å². The van der Waals surface area contributed by atoms with Crippen LogP contribution in [-0.2, 0) is 0 Å². The standard InChI is InChI=1S/C14H19IN2O3/c15-13-7-12(17(18)19)5-6-14(13)20-9-11-4-2-1-3-10(11)8-16/h5-7,10-11H,1-4,8-9,16H2. The van der Waals surface area contributed by atoms with Crippen molar-refractivity contribution < 1.29 is 9.66 Å². The molecular formula is C14H19IN2O3. The fourth-order valence-corrected chi connectivity index (χ4v) is 3.39. The minimum absolute atomic E-state index is 0.0965. The zero-order valence-corrected chi connectivity index (χ0v) is 13.4. The molecule has 0 bridgehead atoms. The number of benzene rings is 1. The molecule has 2 N–H and O–H groups in total. The fraction of sp³-hybridized carbons (Fsp3) is 0.571. The van der Waals surface area contributed by atoms with Gasteiger partial charge in [0.1, 0.15) is 5.75 Å². The van der Waals surface area contributed by atoms with Gasteiger partial charge in [-0.1, -0.05) is 12.8 Å². The van der Waals surface area contributed by atoms with Gasteiger partial charge in [-0.25, -0.2) is 0 Å². The number of nitro benzene ring substituents is 1. The van der Waals surface area contributed by atoms with Crippen molar-refractivity contribution in [3.63, 3.8) is 0 Å². The van der Waals surface area contributed by atoms with Crippen LogP contribution in [0.4, 0.5) is 5.69 Å². The Morgan fingerprint density at radius 3 is 2.65 bits per heavy atom. The van der Waals surface area contributed by atoms with Gasteiger partial charge in [0, 0.05) is 12.1 Å². The number of halogens is 1. The van der Waals surface area contributed by atoms with Gasteiger partial charge in [-0.15, -0.1) is 0 Å². The Labute approximate surface area is 132 Å². The molecule has 1 aliphatic rings. The van der Waals surface area contributed by atoms with Crippen molar-refractivity contribution in [1.82, 2.24) is 0 Å². The lowest BCUT2D eigenvalue weighted by atomic mass is 9.80. The van der Waals surface area contributed by atoms with Crippen molar-refractivity contribution in [2.24, 2.45) is 17.6 Å². The Morgan fingerprint density at radius 1 is 1.35 bits per heavy atom. The zero-order valence-electron chi connectivity index (χ0n) is 11.3. The van der Waals surface area contributed by atoms with E-state index in [4.69, 9.17) is 10.5 Å². The molecule has 0 saturated heterocycles. The third kappa shape index (κ3) is 3.82. The van der Waals surface area contributed by atoms with E-state index in [0.29, 0.717) is 25.0 Å². The summed E-state index contributed by atoms with van der Waals surface area (Å²) in [5, 5.41) is 10.7. The molecule has 20 heavy (non-hydrogen) atoms. The smallest absolute Gasteiger partial charge is 0.270 e. The number of ether oxygens (including phenoxy) is 1. The highest BCUT2D eigenvalue weighted by Crippen LogP contribution is 2.31. The van der Waals surface area contributed by atoms with Gasteiger partial charge in [0.25, 0.3) is 5.69 Å². The maximum absolute atomic E-state index is 10.7. The summed E-state index contributed by atoms with van der Waals surface area (Å²) in [5.41, 5.74) is 5.91. The Balaban J connectivity index is 1.98. The summed E-state index contributed by atoms with van der Waals surface area (Å²) >= 11 is 2.07. The van der Waals surface area contributed by atoms with E-state index in [-0.39, 0.29) is 5.69 Å². The van der Waals surface area contributed by atoms with Crippen LogP contribution in [0.5, 0.6) is 5.75 Å². The van der Waals surface area contributed by atoms with Crippen LogP contribution in [0, 0.1) is 25.5 Å². The van der Waals surface area contributed by atoms with Crippen molar-refractivity contribution >= 4 is 28.3 Å². The molecule has 5 nitrogen and oxygen atoms in total. The fourth-order valence-electron chi connectivity index (χ4n) is 2.73. The summed E-state index contributed by atoms with van der Waals surface area (Å²) in [7, 11) is 0. The first-order chi connectivity index (χ1) is 9.61. The summed E-state index contributed by atoms with van der Waals surface area (Å²) in [6.45, 7) is 1.36. The summed E-state index contributed by atoms with van der Waals surface area (Å²) in [6, 6.07) is 4.70. The van der Waals surface area contributed by atoms with Crippen LogP contribution >= 0.6 is 22.6 Å². The quantitative estimate of drug-likeness (QED) is 0.475. The molecule has 0 amide bonds. The van der Waals surface area contributed by atoms with Crippen LogP contribution in [0.25, 0.3) is 0 Å². The monoisotopic (exact) mass is 390 g/mol. The molecule has 1 fully saturated rings. The third-order valence-electron chi connectivity index (χ3n) is 3.95. The number of rotatable bonds is 5. The van der Waals surface area contributed by atoms with E-state index >= 15 is 0 Å². The van der Waals surface area contributed by atoms with E-state index < -0.39 is 4.92 Å². The number of nitro groups is 1. The van der Waals surface area contributed by atoms with Gasteiger partial charge in [-0.05, 0) is 59.9 Å². The molecule has 0 heterocycles. The van der Waals surface area contributed by atoms with E-state index in [2.05, 4.69) is 22.6 Å². The molecule has 2 unspecified atom stereocenters. The molecule has 0 radical (unpaired) electrons. The summed E-state index contributed by atoms with van der Waals surface area (Å²) in [5.74, 6) is 1.76. The van der Waals surface area contributed by atoms with E-state index in [9.17, 15) is 10.1 Å². The minimum atomic E-state index is -0.391. The van der Waals surface area contributed by atoms with Crippen LogP contribution in [0.3, 0.4) is 0 Å². The second kappa shape index (κ2) is 7.21. The average molecular weight is 390 g/mol. The van der Waals surface area contributed by atoms with E-state index in [0.717, 1.165) is 15.7 Å². The van der Waals surface area contributed by atoms with Crippen molar-refractivity contribution in [2.45, 2.75) is 25.7 Å². The number of non-ortho nitro benzene ring substituents is 1. The zero-order chi connectivity index (χ0) is 14.5. The molecule has 2 rings (SSSR count). The molecule has 0 spiro atoms. The van der Waals surface area contributed by atoms with Crippen LogP contribution in [0.2, 0.25) is 0 Å². The average Bonchev–Trinajstić information content (AvgIpc) is 2.46. The van der Waals surface area contributed by atoms with Crippen LogP contribution in [0.1, 0.15) is 25.7 Å². The Hall–Kier alpha value is -0.890. The van der Waals surface area contributed by atoms with Crippen LogP contribution in [0.15, 0.2) is 18.2 Å². The SMILES string of the molecule is NCC1CCCCC1COc1ccc([N+](=O)[O-])cc1I. The summed E-state index contributed by atoms with van der Waals surface area (Å²) < 4.78 is 6.63. The van der Waals surface area contributed by atoms with Gasteiger partial charge in [-0.3, -0.25) is 10.1 Å². The van der Waals surface area contributed by atoms with Crippen LogP contribution in [-0.4, -0.2) is 18.1 Å². The normalized spacial score (nSPS) is 22.5. The molecule has 1 aliphatic carbocycles. The Bertz CT molecular complexity index is 481. The lowest BCUT2D eigenvalue weighted by Crippen LogP contribution is -2.30. The highest BCUT2D eigenvalue weighted by atomic mass is 127. The number of hydrogen-bond acceptors (Lipinski definition) is 4. The summed E-state index contributed by atoms with van der Waals surface area (Å²) in [6.07, 6.45) is 4.84. The van der Waals surface area contributed by atoms with Gasteiger partial charge in [-0.2, -0.15) is 0 Å². The number of nitrogens with zero attached hydrogens (tertiary/aromatic N) is 1. The van der Waals surface area contributed by atoms with Crippen molar-refractivity contribution in [3.8, 4) is 5.75 Å². The largest absolute Gasteiger partial charge is 0.492 e. The van der Waals surface area contributed by atoms with Gasteiger partial charge >= 0.3 is 0 Å². The molecule has 1 aromatic carbocycles. The van der Waals surface area contributed by atoms with Crippen LogP contribution < -0.4 is 10.5 Å². The minimum Gasteiger partial charge on any atom is -0.492 e. The van der Waals surface area contributed by atoms with E-state index in [1.165, 1.54) is 31.4 Å². The highest BCUT2D eigenvalue weighted by molar-refractivity contribution is 14.1. The predicted octanol–water partition coefficient (Wildman–Crippen LogP) is 3.34. The molecule has 0 aliphatic heterocycles. The highest BCUT2D eigenvalue weighted by Gasteiger charge is 2.24. The lowest BCUT2D eigenvalue weighted by Gasteiger charge is -2.30. The first kappa shape index (κ1) is 15.5. The lowest BCUT2D eigenvalue weighted by molar-refractivity contribution is -0.385. The molecule has 6 heteroatoms. The predicted molar refractivity (Wildman–Crippen MR) is 85.8 cm³/mol. The molecule has 1 aromatic rings. The maximum Gasteiger partial charge on any atom is 0.270 e. The topological polar surface area (TPSA) is 78.4 Å². The number of hydrogen-bond donors (Lipinski definition) is 1. The van der Waals surface area contributed by atoms with E-state index in [1.807, 2.05) is 0 Å². The first-order valence-corrected chi connectivity index (χ1v) is 7.96. The molecular weight excluding hydrogens is 371 g/mol. The second-order valence-electron chi connectivity index (χ2n) is 5.22. The Morgan fingerprint density at radius 2 is 2.05 bits per heavy atom. The second-order valence-corrected chi connectivity index (χ2v) is 6.39. The van der Waals surface area contributed by atoms with Gasteiger partial charge in [0.05, 0.1) is 15.1 Å². The van der Waals surface area contributed by atoms with Crippen molar-refractivity contribution in [2.75, 3.05) is 13.2 Å². The molecule has 110 valence electrons. The first-order valence-electron chi connectivity index (χ1n) is 6.88.